The van der Waals surface area contributed by atoms with Crippen LogP contribution < -0.4 is 0 Å². The summed E-state index contributed by atoms with van der Waals surface area (Å²) in [5.74, 6) is 1.05. The lowest BCUT2D eigenvalue weighted by atomic mass is 10.0. The smallest absolute Gasteiger partial charge is 0.377 e. The van der Waals surface area contributed by atoms with E-state index < -0.39 is 8.80 Å². The van der Waals surface area contributed by atoms with E-state index in [1.807, 2.05) is 6.92 Å². The highest BCUT2D eigenvalue weighted by Gasteiger charge is 2.37. The van der Waals surface area contributed by atoms with Gasteiger partial charge in [-0.3, -0.25) is 0 Å². The molecule has 0 rings (SSSR count). The molecular formula is C22H48O3SSi. The second-order valence-electron chi connectivity index (χ2n) is 7.65. The quantitative estimate of drug-likeness (QED) is 0.112. The Balaban J connectivity index is 3.27. The van der Waals surface area contributed by atoms with Crippen LogP contribution >= 0.6 is 12.6 Å². The van der Waals surface area contributed by atoms with Gasteiger partial charge in [-0.05, 0) is 25.5 Å². The Morgan fingerprint density at radius 1 is 0.556 bits per heavy atom. The maximum absolute atomic E-state index is 5.75. The molecule has 0 heterocycles. The fourth-order valence-corrected chi connectivity index (χ4v) is 5.93. The fraction of sp³-hybridized carbons (Fsp3) is 1.00. The van der Waals surface area contributed by atoms with E-state index in [9.17, 15) is 0 Å². The van der Waals surface area contributed by atoms with Crippen molar-refractivity contribution in [2.24, 2.45) is 0 Å². The molecule has 0 bridgehead atoms. The monoisotopic (exact) mass is 420 g/mol. The average Bonchev–Trinajstić information content (AvgIpc) is 2.69. The van der Waals surface area contributed by atoms with Crippen molar-refractivity contribution >= 4 is 21.4 Å². The third-order valence-electron chi connectivity index (χ3n) is 5.38. The van der Waals surface area contributed by atoms with Crippen LogP contribution in [0.4, 0.5) is 0 Å². The predicted octanol–water partition coefficient (Wildman–Crippen LogP) is 7.43. The first kappa shape index (κ1) is 27.4. The van der Waals surface area contributed by atoms with Gasteiger partial charge in [0.1, 0.15) is 0 Å². The van der Waals surface area contributed by atoms with Gasteiger partial charge in [-0.15, -0.1) is 0 Å². The number of thiol groups is 1. The van der Waals surface area contributed by atoms with Crippen molar-refractivity contribution < 1.29 is 13.3 Å². The molecule has 0 amide bonds. The van der Waals surface area contributed by atoms with E-state index in [0.29, 0.717) is 6.61 Å². The molecule has 0 saturated heterocycles. The molecule has 164 valence electrons. The summed E-state index contributed by atoms with van der Waals surface area (Å²) in [5, 5.41) is 0. The molecule has 0 spiro atoms. The van der Waals surface area contributed by atoms with Gasteiger partial charge in [-0.25, -0.2) is 0 Å². The Bertz CT molecular complexity index is 289. The molecular weight excluding hydrogens is 372 g/mol. The molecule has 0 atom stereocenters. The van der Waals surface area contributed by atoms with E-state index in [0.717, 1.165) is 18.2 Å². The summed E-state index contributed by atoms with van der Waals surface area (Å²) in [6.45, 7) is 2.68. The number of unbranched alkanes of at least 4 members (excludes halogenated alkanes) is 15. The van der Waals surface area contributed by atoms with Crippen molar-refractivity contribution in [3.8, 4) is 0 Å². The van der Waals surface area contributed by atoms with Crippen LogP contribution in [0, 0.1) is 0 Å². The minimum absolute atomic E-state index is 0.671. The summed E-state index contributed by atoms with van der Waals surface area (Å²) >= 11 is 4.26. The highest BCUT2D eigenvalue weighted by atomic mass is 32.1. The van der Waals surface area contributed by atoms with Crippen LogP contribution in [0.1, 0.15) is 110 Å². The van der Waals surface area contributed by atoms with Crippen LogP contribution in [-0.2, 0) is 13.3 Å². The fourth-order valence-electron chi connectivity index (χ4n) is 3.63. The summed E-state index contributed by atoms with van der Waals surface area (Å²) in [6.07, 6.45) is 22.1. The molecule has 0 aromatic rings. The Hall–Kier alpha value is 0.447. The lowest BCUT2D eigenvalue weighted by Crippen LogP contribution is -2.43. The summed E-state index contributed by atoms with van der Waals surface area (Å²) in [4.78, 5) is 0. The summed E-state index contributed by atoms with van der Waals surface area (Å²) in [6, 6.07) is 0.947. The Morgan fingerprint density at radius 2 is 0.889 bits per heavy atom. The number of rotatable bonds is 22. The maximum Gasteiger partial charge on any atom is 0.500 e. The zero-order chi connectivity index (χ0) is 20.1. The highest BCUT2D eigenvalue weighted by molar-refractivity contribution is 7.80. The first-order valence-corrected chi connectivity index (χ1v) is 14.2. The van der Waals surface area contributed by atoms with E-state index in [4.69, 9.17) is 13.3 Å². The molecule has 0 aromatic carbocycles. The molecule has 3 nitrogen and oxygen atoms in total. The van der Waals surface area contributed by atoms with E-state index in [1.54, 1.807) is 14.2 Å². The van der Waals surface area contributed by atoms with Gasteiger partial charge in [-0.1, -0.05) is 89.9 Å². The SMILES string of the molecule is CCO[Si](CCCCCCCCCCCCCCCCCCS)(OC)OC. The highest BCUT2D eigenvalue weighted by Crippen LogP contribution is 2.19. The molecule has 0 aliphatic heterocycles. The molecule has 27 heavy (non-hydrogen) atoms. The van der Waals surface area contributed by atoms with Crippen LogP contribution in [-0.4, -0.2) is 35.4 Å². The molecule has 0 aliphatic rings. The van der Waals surface area contributed by atoms with Gasteiger partial charge in [0.25, 0.3) is 0 Å². The molecule has 0 unspecified atom stereocenters. The van der Waals surface area contributed by atoms with Crippen LogP contribution in [0.2, 0.25) is 6.04 Å². The van der Waals surface area contributed by atoms with Crippen molar-refractivity contribution in [3.05, 3.63) is 0 Å². The van der Waals surface area contributed by atoms with Crippen LogP contribution in [0.15, 0.2) is 0 Å². The zero-order valence-electron chi connectivity index (χ0n) is 18.6. The van der Waals surface area contributed by atoms with E-state index in [1.165, 1.54) is 96.3 Å². The lowest BCUT2D eigenvalue weighted by molar-refractivity contribution is 0.103. The lowest BCUT2D eigenvalue weighted by Gasteiger charge is -2.25. The minimum atomic E-state index is -2.36. The van der Waals surface area contributed by atoms with Gasteiger partial charge >= 0.3 is 8.80 Å². The summed E-state index contributed by atoms with van der Waals surface area (Å²) in [5.41, 5.74) is 0. The van der Waals surface area contributed by atoms with Crippen LogP contribution in [0.3, 0.4) is 0 Å². The molecule has 0 aliphatic carbocycles. The third kappa shape index (κ3) is 17.1. The second kappa shape index (κ2) is 21.2. The number of hydrogen-bond acceptors (Lipinski definition) is 4. The molecule has 0 saturated carbocycles. The Kier molecular flexibility index (Phi) is 21.5. The zero-order valence-corrected chi connectivity index (χ0v) is 20.5. The first-order valence-electron chi connectivity index (χ1n) is 11.6. The summed E-state index contributed by atoms with van der Waals surface area (Å²) in [7, 11) is 1.08. The molecule has 5 heteroatoms. The van der Waals surface area contributed by atoms with Crippen molar-refractivity contribution in [1.29, 1.82) is 0 Å². The maximum atomic E-state index is 5.75. The molecule has 0 radical (unpaired) electrons. The normalized spacial score (nSPS) is 12.0. The van der Waals surface area contributed by atoms with Crippen molar-refractivity contribution in [3.63, 3.8) is 0 Å². The van der Waals surface area contributed by atoms with E-state index >= 15 is 0 Å². The third-order valence-corrected chi connectivity index (χ3v) is 8.63. The van der Waals surface area contributed by atoms with Crippen molar-refractivity contribution in [2.45, 2.75) is 116 Å². The topological polar surface area (TPSA) is 27.7 Å². The average molecular weight is 421 g/mol. The first-order chi connectivity index (χ1) is 13.2. The van der Waals surface area contributed by atoms with Crippen LogP contribution in [0.25, 0.3) is 0 Å². The van der Waals surface area contributed by atoms with Crippen molar-refractivity contribution in [2.75, 3.05) is 26.6 Å². The van der Waals surface area contributed by atoms with Gasteiger partial charge in [0, 0.05) is 26.9 Å². The van der Waals surface area contributed by atoms with Gasteiger partial charge in [0.2, 0.25) is 0 Å². The minimum Gasteiger partial charge on any atom is -0.377 e. The predicted molar refractivity (Wildman–Crippen MR) is 124 cm³/mol. The van der Waals surface area contributed by atoms with Gasteiger partial charge < -0.3 is 13.3 Å². The van der Waals surface area contributed by atoms with Gasteiger partial charge in [0.15, 0.2) is 0 Å². The van der Waals surface area contributed by atoms with Gasteiger partial charge in [0.05, 0.1) is 0 Å². The summed E-state index contributed by atoms with van der Waals surface area (Å²) < 4.78 is 16.8. The number of hydrogen-bond donors (Lipinski definition) is 1. The molecule has 0 fully saturated rings. The molecule has 0 aromatic heterocycles. The van der Waals surface area contributed by atoms with Crippen LogP contribution in [0.5, 0.6) is 0 Å². The molecule has 0 N–H and O–H groups in total. The Labute approximate surface area is 177 Å². The van der Waals surface area contributed by atoms with Gasteiger partial charge in [-0.2, -0.15) is 12.6 Å². The van der Waals surface area contributed by atoms with Crippen molar-refractivity contribution in [1.82, 2.24) is 0 Å². The standard InChI is InChI=1S/C22H48O3SSi/c1-4-25-27(23-2,24-3)22-20-18-16-14-12-10-8-6-5-7-9-11-13-15-17-19-21-26/h26H,4-22H2,1-3H3. The van der Waals surface area contributed by atoms with E-state index in [-0.39, 0.29) is 0 Å². The largest absolute Gasteiger partial charge is 0.500 e. The Morgan fingerprint density at radius 3 is 1.19 bits per heavy atom. The second-order valence-corrected chi connectivity index (χ2v) is 11.1. The van der Waals surface area contributed by atoms with E-state index in [2.05, 4.69) is 12.6 Å².